The highest BCUT2D eigenvalue weighted by atomic mass is 16.6. The molecule has 6 nitrogen and oxygen atoms in total. The molecular weight excluding hydrogens is 318 g/mol. The number of benzene rings is 1. The SMILES string of the molecule is CC1Cc2ccccc2C(NOCCCCC(=O)O)=C1n1ccnc1. The van der Waals surface area contributed by atoms with Gasteiger partial charge in [-0.15, -0.1) is 0 Å². The quantitative estimate of drug-likeness (QED) is 0.570. The van der Waals surface area contributed by atoms with Crippen LogP contribution in [0.25, 0.3) is 11.4 Å². The van der Waals surface area contributed by atoms with Crippen molar-refractivity contribution in [1.29, 1.82) is 0 Å². The van der Waals surface area contributed by atoms with E-state index >= 15 is 0 Å². The summed E-state index contributed by atoms with van der Waals surface area (Å²) >= 11 is 0. The topological polar surface area (TPSA) is 76.4 Å². The molecule has 3 rings (SSSR count). The predicted octanol–water partition coefficient (Wildman–Crippen LogP) is 3.18. The van der Waals surface area contributed by atoms with Crippen LogP contribution in [-0.4, -0.2) is 27.2 Å². The van der Waals surface area contributed by atoms with Gasteiger partial charge in [-0.2, -0.15) is 0 Å². The van der Waals surface area contributed by atoms with Crippen molar-refractivity contribution in [2.45, 2.75) is 32.6 Å². The third-order valence-corrected chi connectivity index (χ3v) is 4.38. The maximum atomic E-state index is 10.6. The van der Waals surface area contributed by atoms with Crippen LogP contribution in [0.5, 0.6) is 0 Å². The standard InChI is InChI=1S/C19H23N3O3/c1-14-12-15-6-2-3-7-16(15)18(19(14)22-10-9-20-13-22)21-25-11-5-4-8-17(23)24/h2-3,6-7,9-10,13-14,21H,4-5,8,11-12H2,1H3,(H,23,24). The lowest BCUT2D eigenvalue weighted by Gasteiger charge is -2.29. The van der Waals surface area contributed by atoms with Crippen LogP contribution in [0.4, 0.5) is 0 Å². The molecule has 0 saturated carbocycles. The van der Waals surface area contributed by atoms with Crippen LogP contribution in [0.1, 0.15) is 37.3 Å². The average Bonchev–Trinajstić information content (AvgIpc) is 3.11. The van der Waals surface area contributed by atoms with Crippen LogP contribution >= 0.6 is 0 Å². The Morgan fingerprint density at radius 2 is 2.24 bits per heavy atom. The summed E-state index contributed by atoms with van der Waals surface area (Å²) in [6.07, 6.45) is 7.95. The first kappa shape index (κ1) is 17.2. The van der Waals surface area contributed by atoms with E-state index in [1.165, 1.54) is 5.56 Å². The Hall–Kier alpha value is -2.60. The molecule has 1 unspecified atom stereocenters. The van der Waals surface area contributed by atoms with Crippen LogP contribution in [-0.2, 0) is 16.1 Å². The summed E-state index contributed by atoms with van der Waals surface area (Å²) in [4.78, 5) is 20.4. The van der Waals surface area contributed by atoms with E-state index in [0.29, 0.717) is 25.4 Å². The zero-order chi connectivity index (χ0) is 17.6. The van der Waals surface area contributed by atoms with Crippen LogP contribution in [0.3, 0.4) is 0 Å². The molecule has 0 bridgehead atoms. The number of carbonyl (C=O) groups is 1. The number of imidazole rings is 1. The van der Waals surface area contributed by atoms with Gasteiger partial charge in [0.25, 0.3) is 0 Å². The monoisotopic (exact) mass is 341 g/mol. The Morgan fingerprint density at radius 3 is 3.00 bits per heavy atom. The van der Waals surface area contributed by atoms with Gasteiger partial charge in [0.05, 0.1) is 24.3 Å². The molecule has 1 aromatic heterocycles. The minimum Gasteiger partial charge on any atom is -0.481 e. The fraction of sp³-hybridized carbons (Fsp3) is 0.368. The number of aliphatic carboxylic acids is 1. The molecule has 1 aliphatic carbocycles. The predicted molar refractivity (Wildman–Crippen MR) is 95.2 cm³/mol. The fourth-order valence-corrected chi connectivity index (χ4v) is 3.22. The second kappa shape index (κ2) is 7.98. The fourth-order valence-electron chi connectivity index (χ4n) is 3.22. The number of hydrogen-bond acceptors (Lipinski definition) is 4. The van der Waals surface area contributed by atoms with Gasteiger partial charge >= 0.3 is 5.97 Å². The maximum Gasteiger partial charge on any atom is 0.303 e. The van der Waals surface area contributed by atoms with Gasteiger partial charge in [0.15, 0.2) is 0 Å². The van der Waals surface area contributed by atoms with Gasteiger partial charge in [-0.3, -0.25) is 15.1 Å². The molecule has 0 fully saturated rings. The number of nitrogens with zero attached hydrogens (tertiary/aromatic N) is 2. The molecule has 6 heteroatoms. The Kier molecular flexibility index (Phi) is 5.50. The second-order valence-corrected chi connectivity index (χ2v) is 6.29. The summed E-state index contributed by atoms with van der Waals surface area (Å²) in [5, 5.41) is 8.68. The van der Waals surface area contributed by atoms with Crippen LogP contribution in [0, 0.1) is 5.92 Å². The number of fused-ring (bicyclic) bond motifs is 1. The Balaban J connectivity index is 1.77. The summed E-state index contributed by atoms with van der Waals surface area (Å²) in [6.45, 7) is 2.66. The summed E-state index contributed by atoms with van der Waals surface area (Å²) in [5.41, 5.74) is 7.62. The van der Waals surface area contributed by atoms with E-state index in [0.717, 1.165) is 23.4 Å². The number of allylic oxidation sites excluding steroid dienone is 1. The Labute approximate surface area is 147 Å². The number of rotatable bonds is 8. The molecule has 2 N–H and O–H groups in total. The van der Waals surface area contributed by atoms with Crippen LogP contribution < -0.4 is 5.48 Å². The minimum absolute atomic E-state index is 0.173. The first-order valence-corrected chi connectivity index (χ1v) is 8.57. The van der Waals surface area contributed by atoms with Crippen molar-refractivity contribution < 1.29 is 14.7 Å². The highest BCUT2D eigenvalue weighted by molar-refractivity contribution is 5.85. The number of unbranched alkanes of at least 4 members (excludes halogenated alkanes) is 1. The highest BCUT2D eigenvalue weighted by Gasteiger charge is 2.25. The van der Waals surface area contributed by atoms with Crippen molar-refractivity contribution in [3.05, 3.63) is 54.1 Å². The van der Waals surface area contributed by atoms with Crippen molar-refractivity contribution in [2.75, 3.05) is 6.61 Å². The molecule has 1 atom stereocenters. The van der Waals surface area contributed by atoms with E-state index in [1.807, 2.05) is 16.8 Å². The summed E-state index contributed by atoms with van der Waals surface area (Å²) in [7, 11) is 0. The van der Waals surface area contributed by atoms with Gasteiger partial charge in [-0.1, -0.05) is 31.2 Å². The van der Waals surface area contributed by atoms with E-state index < -0.39 is 5.97 Å². The van der Waals surface area contributed by atoms with E-state index in [-0.39, 0.29) is 6.42 Å². The molecule has 0 amide bonds. The molecule has 0 aliphatic heterocycles. The third kappa shape index (κ3) is 4.09. The first-order valence-electron chi connectivity index (χ1n) is 8.57. The number of hydrogen-bond donors (Lipinski definition) is 2. The molecule has 1 heterocycles. The smallest absolute Gasteiger partial charge is 0.303 e. The lowest BCUT2D eigenvalue weighted by atomic mass is 9.86. The van der Waals surface area contributed by atoms with Gasteiger partial charge in [0.1, 0.15) is 0 Å². The molecule has 0 radical (unpaired) electrons. The molecule has 0 saturated heterocycles. The number of aromatic nitrogens is 2. The average molecular weight is 341 g/mol. The van der Waals surface area contributed by atoms with Crippen LogP contribution in [0.2, 0.25) is 0 Å². The minimum atomic E-state index is -0.770. The molecule has 1 aliphatic rings. The zero-order valence-electron chi connectivity index (χ0n) is 14.3. The van der Waals surface area contributed by atoms with Crippen molar-refractivity contribution in [3.8, 4) is 0 Å². The van der Waals surface area contributed by atoms with E-state index in [1.54, 1.807) is 12.5 Å². The van der Waals surface area contributed by atoms with Gasteiger partial charge in [-0.05, 0) is 24.8 Å². The van der Waals surface area contributed by atoms with Crippen molar-refractivity contribution in [1.82, 2.24) is 15.0 Å². The van der Waals surface area contributed by atoms with Gasteiger partial charge in [0.2, 0.25) is 0 Å². The normalized spacial score (nSPS) is 16.6. The molecule has 0 spiro atoms. The Morgan fingerprint density at radius 1 is 1.40 bits per heavy atom. The summed E-state index contributed by atoms with van der Waals surface area (Å²) in [6, 6.07) is 8.31. The van der Waals surface area contributed by atoms with Crippen molar-refractivity contribution >= 4 is 17.4 Å². The number of carboxylic acids is 1. The highest BCUT2D eigenvalue weighted by Crippen LogP contribution is 2.35. The number of hydroxylamine groups is 1. The van der Waals surface area contributed by atoms with Gasteiger partial charge in [-0.25, -0.2) is 4.98 Å². The first-order chi connectivity index (χ1) is 12.2. The maximum absolute atomic E-state index is 10.6. The molecule has 2 aromatic rings. The lowest BCUT2D eigenvalue weighted by molar-refractivity contribution is -0.137. The Bertz CT molecular complexity index is 753. The number of carboxylic acid groups (broad SMARTS) is 1. The summed E-state index contributed by atoms with van der Waals surface area (Å²) in [5.74, 6) is -0.449. The van der Waals surface area contributed by atoms with Crippen molar-refractivity contribution in [2.24, 2.45) is 5.92 Å². The zero-order valence-corrected chi connectivity index (χ0v) is 14.3. The van der Waals surface area contributed by atoms with E-state index in [2.05, 4.69) is 35.6 Å². The van der Waals surface area contributed by atoms with Gasteiger partial charge in [0, 0.05) is 30.3 Å². The van der Waals surface area contributed by atoms with Crippen molar-refractivity contribution in [3.63, 3.8) is 0 Å². The van der Waals surface area contributed by atoms with E-state index in [9.17, 15) is 4.79 Å². The molecule has 25 heavy (non-hydrogen) atoms. The number of nitrogens with one attached hydrogen (secondary N) is 1. The lowest BCUT2D eigenvalue weighted by Crippen LogP contribution is -2.25. The molecular formula is C19H23N3O3. The second-order valence-electron chi connectivity index (χ2n) is 6.29. The van der Waals surface area contributed by atoms with Crippen LogP contribution in [0.15, 0.2) is 43.0 Å². The summed E-state index contributed by atoms with van der Waals surface area (Å²) < 4.78 is 2.02. The molecule has 132 valence electrons. The third-order valence-electron chi connectivity index (χ3n) is 4.38. The van der Waals surface area contributed by atoms with E-state index in [4.69, 9.17) is 9.94 Å². The van der Waals surface area contributed by atoms with Gasteiger partial charge < -0.3 is 9.67 Å². The molecule has 1 aromatic carbocycles. The largest absolute Gasteiger partial charge is 0.481 e.